The number of pyridine rings is 1. The molecule has 1 aliphatic rings. The first-order valence-electron chi connectivity index (χ1n) is 11.8. The molecule has 0 aliphatic carbocycles. The van der Waals surface area contributed by atoms with Gasteiger partial charge in [-0.3, -0.25) is 4.79 Å². The van der Waals surface area contributed by atoms with Crippen molar-refractivity contribution in [2.24, 2.45) is 0 Å². The van der Waals surface area contributed by atoms with E-state index in [1.807, 2.05) is 48.2 Å². The molecule has 10 heteroatoms. The summed E-state index contributed by atoms with van der Waals surface area (Å²) in [5.74, 6) is 0.00549. The average molecular weight is 508 g/mol. The Kier molecular flexibility index (Phi) is 6.41. The molecule has 3 heterocycles. The fourth-order valence-corrected chi connectivity index (χ4v) is 4.84. The van der Waals surface area contributed by atoms with E-state index in [0.717, 1.165) is 65.8 Å². The maximum absolute atomic E-state index is 12.9. The number of alkyl halides is 3. The predicted molar refractivity (Wildman–Crippen MR) is 132 cm³/mol. The molecule has 1 fully saturated rings. The van der Waals surface area contributed by atoms with Gasteiger partial charge in [-0.15, -0.1) is 0 Å². The summed E-state index contributed by atoms with van der Waals surface area (Å²) < 4.78 is 44.3. The van der Waals surface area contributed by atoms with Crippen LogP contribution in [0.15, 0.2) is 54.9 Å². The zero-order valence-electron chi connectivity index (χ0n) is 20.0. The number of hydrogen-bond donors (Lipinski definition) is 1. The summed E-state index contributed by atoms with van der Waals surface area (Å²) in [5.41, 5.74) is 10.5. The van der Waals surface area contributed by atoms with Gasteiger partial charge in [0.25, 0.3) is 0 Å². The molecule has 2 aromatic carbocycles. The topological polar surface area (TPSA) is 94.2 Å². The lowest BCUT2D eigenvalue weighted by molar-refractivity contribution is -0.141. The van der Waals surface area contributed by atoms with Crippen molar-refractivity contribution in [2.45, 2.75) is 38.6 Å². The van der Waals surface area contributed by atoms with Crippen molar-refractivity contribution in [2.75, 3.05) is 12.3 Å². The minimum Gasteiger partial charge on any atom is -0.473 e. The molecule has 4 aromatic rings. The van der Waals surface area contributed by atoms with Crippen molar-refractivity contribution >= 4 is 23.1 Å². The number of nitrogens with zero attached hydrogens (tertiary/aromatic N) is 4. The molecule has 1 atom stereocenters. The van der Waals surface area contributed by atoms with Gasteiger partial charge < -0.3 is 15.4 Å². The molecule has 0 spiro atoms. The normalized spacial score (nSPS) is 15.8. The fourth-order valence-electron chi connectivity index (χ4n) is 4.84. The first-order valence-corrected chi connectivity index (χ1v) is 11.8. The first-order chi connectivity index (χ1) is 17.7. The number of anilines is 1. The summed E-state index contributed by atoms with van der Waals surface area (Å²) in [5, 5.41) is 0.803. The summed E-state index contributed by atoms with van der Waals surface area (Å²) in [6.07, 6.45) is -1.02. The molecule has 5 rings (SSSR count). The van der Waals surface area contributed by atoms with E-state index in [1.54, 1.807) is 0 Å². The molecular formula is C27H24F3N5O2. The van der Waals surface area contributed by atoms with Gasteiger partial charge in [-0.05, 0) is 60.2 Å². The summed E-state index contributed by atoms with van der Waals surface area (Å²) in [4.78, 5) is 24.9. The van der Waals surface area contributed by atoms with Crippen LogP contribution in [0.3, 0.4) is 0 Å². The molecule has 0 saturated carbocycles. The summed E-state index contributed by atoms with van der Waals surface area (Å²) in [6, 6.07) is 14.6. The van der Waals surface area contributed by atoms with E-state index < -0.39 is 11.9 Å². The van der Waals surface area contributed by atoms with Gasteiger partial charge in [0.1, 0.15) is 18.8 Å². The number of halogens is 3. The molecule has 0 bridgehead atoms. The van der Waals surface area contributed by atoms with Crippen LogP contribution in [0.4, 0.5) is 19.0 Å². The average Bonchev–Trinajstić information content (AvgIpc) is 3.36. The monoisotopic (exact) mass is 507 g/mol. The number of nitrogens with two attached hydrogens (primary N) is 1. The smallest absolute Gasteiger partial charge is 0.433 e. The van der Waals surface area contributed by atoms with Crippen LogP contribution >= 0.6 is 0 Å². The van der Waals surface area contributed by atoms with Crippen LogP contribution in [0.5, 0.6) is 5.88 Å². The summed E-state index contributed by atoms with van der Waals surface area (Å²) in [6.45, 7) is 2.67. The molecule has 1 unspecified atom stereocenters. The van der Waals surface area contributed by atoms with Crippen molar-refractivity contribution in [3.05, 3.63) is 77.2 Å². The first kappa shape index (κ1) is 24.5. The highest BCUT2D eigenvalue weighted by Gasteiger charge is 2.33. The molecule has 1 saturated heterocycles. The number of likely N-dealkylation sites (tertiary alicyclic amines) is 1. The van der Waals surface area contributed by atoms with Gasteiger partial charge in [0.2, 0.25) is 12.3 Å². The highest BCUT2D eigenvalue weighted by Crippen LogP contribution is 2.39. The van der Waals surface area contributed by atoms with Crippen molar-refractivity contribution in [1.29, 1.82) is 0 Å². The molecule has 190 valence electrons. The van der Waals surface area contributed by atoms with E-state index in [2.05, 4.69) is 21.0 Å². The maximum Gasteiger partial charge on any atom is 0.433 e. The summed E-state index contributed by atoms with van der Waals surface area (Å²) >= 11 is 0. The van der Waals surface area contributed by atoms with Crippen LogP contribution in [0.1, 0.15) is 41.3 Å². The lowest BCUT2D eigenvalue weighted by Crippen LogP contribution is -2.21. The molecule has 7 nitrogen and oxygen atoms in total. The van der Waals surface area contributed by atoms with Crippen LogP contribution in [0.25, 0.3) is 22.0 Å². The molecular weight excluding hydrogens is 483 g/mol. The van der Waals surface area contributed by atoms with Gasteiger partial charge in [0, 0.05) is 23.6 Å². The number of hydrogen-bond acceptors (Lipinski definition) is 6. The Labute approximate surface area is 211 Å². The highest BCUT2D eigenvalue weighted by molar-refractivity contribution is 5.87. The molecule has 37 heavy (non-hydrogen) atoms. The van der Waals surface area contributed by atoms with Crippen LogP contribution in [0.2, 0.25) is 0 Å². The van der Waals surface area contributed by atoms with E-state index in [4.69, 9.17) is 10.5 Å². The number of benzene rings is 2. The third-order valence-electron chi connectivity index (χ3n) is 6.62. The van der Waals surface area contributed by atoms with E-state index in [-0.39, 0.29) is 24.3 Å². The second-order valence-corrected chi connectivity index (χ2v) is 9.01. The Morgan fingerprint density at radius 2 is 2.00 bits per heavy atom. The minimum absolute atomic E-state index is 0.0195. The van der Waals surface area contributed by atoms with Gasteiger partial charge in [0.15, 0.2) is 5.69 Å². The van der Waals surface area contributed by atoms with Crippen LogP contribution in [-0.2, 0) is 17.6 Å². The Hall–Kier alpha value is -4.21. The SMILES string of the molecule is Cc1cccc(C2CCCN2C=O)c1-c1ccc2nc(N)c(COc3cc(C(F)(F)F)ncn3)cc2c1. The Balaban J connectivity index is 1.48. The van der Waals surface area contributed by atoms with Crippen LogP contribution in [0, 0.1) is 6.92 Å². The van der Waals surface area contributed by atoms with Gasteiger partial charge in [-0.2, -0.15) is 13.2 Å². The number of aryl methyl sites for hydroxylation is 1. The van der Waals surface area contributed by atoms with E-state index in [1.165, 1.54) is 0 Å². The van der Waals surface area contributed by atoms with Crippen molar-refractivity contribution < 1.29 is 22.7 Å². The van der Waals surface area contributed by atoms with E-state index in [9.17, 15) is 18.0 Å². The van der Waals surface area contributed by atoms with Gasteiger partial charge in [0.05, 0.1) is 11.6 Å². The third-order valence-corrected chi connectivity index (χ3v) is 6.62. The zero-order chi connectivity index (χ0) is 26.2. The number of carbonyl (C=O) groups is 1. The number of fused-ring (bicyclic) bond motifs is 1. The van der Waals surface area contributed by atoms with E-state index in [0.29, 0.717) is 11.1 Å². The largest absolute Gasteiger partial charge is 0.473 e. The van der Waals surface area contributed by atoms with Gasteiger partial charge in [-0.1, -0.05) is 24.3 Å². The number of nitrogen functional groups attached to an aromatic ring is 1. The molecule has 1 aliphatic heterocycles. The Morgan fingerprint density at radius 1 is 1.16 bits per heavy atom. The van der Waals surface area contributed by atoms with E-state index >= 15 is 0 Å². The zero-order valence-corrected chi connectivity index (χ0v) is 20.0. The van der Waals surface area contributed by atoms with Crippen LogP contribution < -0.4 is 10.5 Å². The lowest BCUT2D eigenvalue weighted by Gasteiger charge is -2.24. The number of carbonyl (C=O) groups excluding carboxylic acids is 1. The highest BCUT2D eigenvalue weighted by atomic mass is 19.4. The Morgan fingerprint density at radius 3 is 2.78 bits per heavy atom. The summed E-state index contributed by atoms with van der Waals surface area (Å²) in [7, 11) is 0. The number of ether oxygens (including phenoxy) is 1. The van der Waals surface area contributed by atoms with Crippen molar-refractivity contribution in [3.8, 4) is 17.0 Å². The number of rotatable bonds is 6. The maximum atomic E-state index is 12.9. The Bertz CT molecular complexity index is 1470. The second-order valence-electron chi connectivity index (χ2n) is 9.01. The second kappa shape index (κ2) is 9.68. The van der Waals surface area contributed by atoms with Crippen molar-refractivity contribution in [1.82, 2.24) is 19.9 Å². The molecule has 0 radical (unpaired) electrons. The number of aromatic nitrogens is 3. The van der Waals surface area contributed by atoms with Gasteiger partial charge in [-0.25, -0.2) is 15.0 Å². The molecule has 2 N–H and O–H groups in total. The number of amides is 1. The molecule has 1 amide bonds. The standard InChI is InChI=1S/C27H24F3N5O2/c1-16-4-2-5-20(22-6-3-9-35(22)15-36)25(16)17-7-8-21-18(10-17)11-19(26(31)34-21)13-37-24-12-23(27(28,29)30)32-14-33-24/h2,4-5,7-8,10-12,14-15,22H,3,6,9,13H2,1H3,(H2,31,34). The predicted octanol–water partition coefficient (Wildman–Crippen LogP) is 5.47. The minimum atomic E-state index is -4.60. The lowest BCUT2D eigenvalue weighted by atomic mass is 9.89. The van der Waals surface area contributed by atoms with Crippen LogP contribution in [-0.4, -0.2) is 32.8 Å². The van der Waals surface area contributed by atoms with Gasteiger partial charge >= 0.3 is 6.18 Å². The quantitative estimate of drug-likeness (QED) is 0.348. The van der Waals surface area contributed by atoms with Crippen molar-refractivity contribution in [3.63, 3.8) is 0 Å². The fraction of sp³-hybridized carbons (Fsp3) is 0.259. The third kappa shape index (κ3) is 4.91. The molecule has 2 aromatic heterocycles.